The molecule has 0 aliphatic carbocycles. The summed E-state index contributed by atoms with van der Waals surface area (Å²) in [4.78, 5) is 10.9. The van der Waals surface area contributed by atoms with Gasteiger partial charge in [0, 0.05) is 11.3 Å². The van der Waals surface area contributed by atoms with E-state index in [0.717, 1.165) is 0 Å². The number of nitrogens with zero attached hydrogens (tertiary/aromatic N) is 1. The van der Waals surface area contributed by atoms with Crippen LogP contribution in [0, 0.1) is 0 Å². The van der Waals surface area contributed by atoms with Crippen molar-refractivity contribution < 1.29 is 13.2 Å². The molecule has 96 valence electrons. The fourth-order valence-electron chi connectivity index (χ4n) is 1.81. The van der Waals surface area contributed by atoms with E-state index in [1.165, 1.54) is 6.92 Å². The number of hydrogen-bond acceptors (Lipinski definition) is 5. The van der Waals surface area contributed by atoms with Crippen molar-refractivity contribution in [2.75, 3.05) is 11.9 Å². The van der Waals surface area contributed by atoms with Crippen molar-refractivity contribution in [1.29, 1.82) is 0 Å². The number of sulfonamides is 1. The lowest BCUT2D eigenvalue weighted by molar-refractivity contribution is -0.115. The number of nitrogens with two attached hydrogens (primary N) is 1. The van der Waals surface area contributed by atoms with E-state index in [9.17, 15) is 13.2 Å². The first kappa shape index (κ1) is 12.6. The number of fused-ring (bicyclic) bond motifs is 1. The lowest BCUT2D eigenvalue weighted by Crippen LogP contribution is -2.26. The van der Waals surface area contributed by atoms with Crippen LogP contribution in [-0.4, -0.2) is 26.6 Å². The van der Waals surface area contributed by atoms with E-state index < -0.39 is 10.0 Å². The zero-order valence-electron chi connectivity index (χ0n) is 9.80. The number of nitrogens with one attached hydrogen (secondary N) is 1. The maximum Gasteiger partial charge on any atom is 0.259 e. The van der Waals surface area contributed by atoms with Crippen LogP contribution < -0.4 is 11.1 Å². The number of anilines is 1. The van der Waals surface area contributed by atoms with E-state index in [1.54, 1.807) is 18.2 Å². The Kier molecular flexibility index (Phi) is 3.08. The molecule has 6 nitrogen and oxygen atoms in total. The number of carbonyl (C=O) groups is 1. The summed E-state index contributed by atoms with van der Waals surface area (Å²) in [5.74, 6) is -0.229. The molecular formula is C11H13N3O3S. The van der Waals surface area contributed by atoms with Gasteiger partial charge in [0.1, 0.15) is 11.6 Å². The third-order valence-corrected chi connectivity index (χ3v) is 3.66. The van der Waals surface area contributed by atoms with Crippen LogP contribution in [0.5, 0.6) is 0 Å². The molecule has 0 saturated carbocycles. The highest BCUT2D eigenvalue weighted by atomic mass is 32.2. The topological polar surface area (TPSA) is 102 Å². The van der Waals surface area contributed by atoms with Gasteiger partial charge in [-0.25, -0.2) is 8.42 Å². The summed E-state index contributed by atoms with van der Waals surface area (Å²) in [6.45, 7) is 1.63. The molecule has 1 aliphatic rings. The Bertz CT molecular complexity index is 635. The quantitative estimate of drug-likeness (QED) is 0.816. The van der Waals surface area contributed by atoms with Gasteiger partial charge in [-0.2, -0.15) is 0 Å². The normalized spacial score (nSPS) is 16.6. The lowest BCUT2D eigenvalue weighted by Gasteiger charge is -2.18. The molecule has 0 fully saturated rings. The molecule has 0 amide bonds. The first-order valence-electron chi connectivity index (χ1n) is 5.33. The summed E-state index contributed by atoms with van der Waals surface area (Å²) in [5, 5.41) is 2.92. The molecule has 3 N–H and O–H groups in total. The number of benzene rings is 1. The first-order chi connectivity index (χ1) is 8.39. The van der Waals surface area contributed by atoms with E-state index in [0.29, 0.717) is 16.8 Å². The van der Waals surface area contributed by atoms with E-state index in [1.807, 2.05) is 0 Å². The number of ketones is 1. The van der Waals surface area contributed by atoms with Crippen LogP contribution in [0.1, 0.15) is 18.1 Å². The highest BCUT2D eigenvalue weighted by Crippen LogP contribution is 2.26. The number of amidine groups is 1. The van der Waals surface area contributed by atoms with Gasteiger partial charge in [-0.05, 0) is 18.6 Å². The number of rotatable bonds is 3. The molecule has 1 aromatic rings. The van der Waals surface area contributed by atoms with Crippen LogP contribution in [0.3, 0.4) is 0 Å². The van der Waals surface area contributed by atoms with Crippen LogP contribution in [0.4, 0.5) is 5.69 Å². The summed E-state index contributed by atoms with van der Waals surface area (Å²) in [7, 11) is -3.53. The van der Waals surface area contributed by atoms with Gasteiger partial charge < -0.3 is 11.1 Å². The van der Waals surface area contributed by atoms with E-state index >= 15 is 0 Å². The van der Waals surface area contributed by atoms with Crippen molar-refractivity contribution in [3.8, 4) is 0 Å². The first-order valence-corrected chi connectivity index (χ1v) is 6.93. The molecule has 0 spiro atoms. The van der Waals surface area contributed by atoms with Gasteiger partial charge in [0.15, 0.2) is 0 Å². The number of Topliss-reactive ketones (excluding diaryl/α,β-unsaturated/α-hetero) is 1. The molecule has 1 aliphatic heterocycles. The van der Waals surface area contributed by atoms with Crippen LogP contribution in [0.15, 0.2) is 22.6 Å². The van der Waals surface area contributed by atoms with Crippen LogP contribution in [-0.2, 0) is 20.6 Å². The summed E-state index contributed by atoms with van der Waals surface area (Å²) >= 11 is 0. The monoisotopic (exact) mass is 267 g/mol. The van der Waals surface area contributed by atoms with Crippen molar-refractivity contribution in [2.24, 2.45) is 10.1 Å². The highest BCUT2D eigenvalue weighted by molar-refractivity contribution is 7.89. The standard InChI is InChI=1S/C11H13N3O3S/c1-7(15)5-13-9-4-2-3-8-6-18(16,17)14-11(12)10(8)9/h2-4,13H,5-6H2,1H3,(H2,12,14). The molecule has 7 heteroatoms. The number of carbonyl (C=O) groups excluding carboxylic acids is 1. The molecule has 18 heavy (non-hydrogen) atoms. The zero-order valence-corrected chi connectivity index (χ0v) is 10.6. The summed E-state index contributed by atoms with van der Waals surface area (Å²) in [6, 6.07) is 5.14. The molecule has 1 heterocycles. The second kappa shape index (κ2) is 4.41. The Morgan fingerprint density at radius 1 is 1.50 bits per heavy atom. The highest BCUT2D eigenvalue weighted by Gasteiger charge is 2.24. The largest absolute Gasteiger partial charge is 0.382 e. The van der Waals surface area contributed by atoms with E-state index in [-0.39, 0.29) is 23.9 Å². The van der Waals surface area contributed by atoms with Gasteiger partial charge in [-0.3, -0.25) is 4.79 Å². The van der Waals surface area contributed by atoms with E-state index in [4.69, 9.17) is 5.73 Å². The van der Waals surface area contributed by atoms with Gasteiger partial charge in [0.2, 0.25) is 0 Å². The van der Waals surface area contributed by atoms with Crippen LogP contribution in [0.2, 0.25) is 0 Å². The van der Waals surface area contributed by atoms with Crippen molar-refractivity contribution in [1.82, 2.24) is 0 Å². The molecule has 0 radical (unpaired) electrons. The Hall–Kier alpha value is -1.89. The molecule has 0 bridgehead atoms. The maximum atomic E-state index is 11.5. The third kappa shape index (κ3) is 2.51. The molecule has 2 rings (SSSR count). The second-order valence-corrected chi connectivity index (χ2v) is 5.73. The molecule has 0 atom stereocenters. The zero-order chi connectivity index (χ0) is 13.3. The minimum absolute atomic E-state index is 0.0217. The van der Waals surface area contributed by atoms with Crippen LogP contribution >= 0.6 is 0 Å². The van der Waals surface area contributed by atoms with Crippen molar-refractivity contribution in [2.45, 2.75) is 12.7 Å². The fraction of sp³-hybridized carbons (Fsp3) is 0.273. The SMILES string of the molecule is CC(=O)CNc1cccc2c1C(N)=NS(=O)(=O)C2. The minimum atomic E-state index is -3.53. The second-order valence-electron chi connectivity index (χ2n) is 4.10. The molecular weight excluding hydrogens is 254 g/mol. The average molecular weight is 267 g/mol. The predicted molar refractivity (Wildman–Crippen MR) is 69.0 cm³/mol. The minimum Gasteiger partial charge on any atom is -0.382 e. The van der Waals surface area contributed by atoms with Crippen molar-refractivity contribution in [3.63, 3.8) is 0 Å². The van der Waals surface area contributed by atoms with Crippen LogP contribution in [0.25, 0.3) is 0 Å². The van der Waals surface area contributed by atoms with Crippen molar-refractivity contribution in [3.05, 3.63) is 29.3 Å². The Balaban J connectivity index is 2.45. The predicted octanol–water partition coefficient (Wildman–Crippen LogP) is 0.236. The van der Waals surface area contributed by atoms with Gasteiger partial charge >= 0.3 is 0 Å². The Labute approximate surface area is 105 Å². The number of hydrogen-bond donors (Lipinski definition) is 2. The van der Waals surface area contributed by atoms with Gasteiger partial charge in [0.05, 0.1) is 12.3 Å². The van der Waals surface area contributed by atoms with E-state index in [2.05, 4.69) is 9.71 Å². The summed E-state index contributed by atoms with van der Waals surface area (Å²) < 4.78 is 26.4. The lowest BCUT2D eigenvalue weighted by atomic mass is 10.1. The third-order valence-electron chi connectivity index (χ3n) is 2.51. The van der Waals surface area contributed by atoms with Gasteiger partial charge in [0.25, 0.3) is 10.0 Å². The maximum absolute atomic E-state index is 11.5. The summed E-state index contributed by atoms with van der Waals surface area (Å²) in [6.07, 6.45) is 0. The smallest absolute Gasteiger partial charge is 0.259 e. The molecule has 0 aromatic heterocycles. The average Bonchev–Trinajstić information content (AvgIpc) is 2.23. The van der Waals surface area contributed by atoms with Gasteiger partial charge in [-0.1, -0.05) is 12.1 Å². The Morgan fingerprint density at radius 2 is 2.22 bits per heavy atom. The Morgan fingerprint density at radius 3 is 2.89 bits per heavy atom. The van der Waals surface area contributed by atoms with Crippen molar-refractivity contribution >= 4 is 27.3 Å². The van der Waals surface area contributed by atoms with Gasteiger partial charge in [-0.15, -0.1) is 4.40 Å². The molecule has 0 saturated heterocycles. The molecule has 1 aromatic carbocycles. The summed E-state index contributed by atoms with van der Waals surface area (Å²) in [5.41, 5.74) is 7.46. The molecule has 0 unspecified atom stereocenters. The fourth-order valence-corrected chi connectivity index (χ4v) is 2.90.